The van der Waals surface area contributed by atoms with Gasteiger partial charge >= 0.3 is 0 Å². The van der Waals surface area contributed by atoms with Crippen LogP contribution in [0.15, 0.2) is 73.3 Å². The number of halogens is 1. The van der Waals surface area contributed by atoms with Crippen LogP contribution in [-0.4, -0.2) is 4.98 Å². The molecule has 3 heteroatoms. The van der Waals surface area contributed by atoms with Gasteiger partial charge in [-0.2, -0.15) is 5.26 Å². The number of benzene rings is 2. The van der Waals surface area contributed by atoms with Crippen molar-refractivity contribution < 1.29 is 4.39 Å². The molecule has 0 saturated carbocycles. The summed E-state index contributed by atoms with van der Waals surface area (Å²) in [7, 11) is 0. The van der Waals surface area contributed by atoms with Crippen LogP contribution in [0.3, 0.4) is 0 Å². The first-order valence-electron chi connectivity index (χ1n) is 16.6. The second-order valence-electron chi connectivity index (χ2n) is 9.86. The zero-order valence-corrected chi connectivity index (χ0v) is 29.4. The summed E-state index contributed by atoms with van der Waals surface area (Å²) in [5, 5.41) is 9.29. The van der Waals surface area contributed by atoms with Crippen LogP contribution < -0.4 is 0 Å². The number of aryl methyl sites for hydroxylation is 3. The summed E-state index contributed by atoms with van der Waals surface area (Å²) in [4.78, 5) is 4.77. The zero-order chi connectivity index (χ0) is 33.3. The number of hydrogen-bond acceptors (Lipinski definition) is 2. The lowest BCUT2D eigenvalue weighted by Gasteiger charge is -2.09. The predicted octanol–water partition coefficient (Wildman–Crippen LogP) is 13.3. The predicted molar refractivity (Wildman–Crippen MR) is 191 cm³/mol. The summed E-state index contributed by atoms with van der Waals surface area (Å²) in [6.07, 6.45) is 13.6. The van der Waals surface area contributed by atoms with Crippen molar-refractivity contribution in [3.63, 3.8) is 0 Å². The van der Waals surface area contributed by atoms with Gasteiger partial charge < -0.3 is 0 Å². The minimum absolute atomic E-state index is 0.193. The lowest BCUT2D eigenvalue weighted by Crippen LogP contribution is -1.99. The van der Waals surface area contributed by atoms with Gasteiger partial charge in [0.15, 0.2) is 0 Å². The topological polar surface area (TPSA) is 36.7 Å². The highest BCUT2D eigenvalue weighted by molar-refractivity contribution is 5.67. The molecule has 0 aliphatic carbocycles. The molecular weight excluding hydrogens is 527 g/mol. The van der Waals surface area contributed by atoms with Gasteiger partial charge in [-0.25, -0.2) is 4.39 Å². The molecule has 0 spiro atoms. The van der Waals surface area contributed by atoms with E-state index >= 15 is 0 Å². The molecule has 2 nitrogen and oxygen atoms in total. The summed E-state index contributed by atoms with van der Waals surface area (Å²) in [5.41, 5.74) is 5.48. The Kier molecular flexibility index (Phi) is 34.2. The number of nitriles is 1. The van der Waals surface area contributed by atoms with Crippen molar-refractivity contribution >= 4 is 0 Å². The lowest BCUT2D eigenvalue weighted by molar-refractivity contribution is 0.624. The molecule has 2 aromatic carbocycles. The third-order valence-electron chi connectivity index (χ3n) is 6.00. The van der Waals surface area contributed by atoms with E-state index in [1.165, 1.54) is 51.0 Å². The molecule has 0 fully saturated rings. The molecule has 0 aliphatic heterocycles. The van der Waals surface area contributed by atoms with Crippen LogP contribution in [0, 0.1) is 24.1 Å². The van der Waals surface area contributed by atoms with Crippen LogP contribution in [0.4, 0.5) is 4.39 Å². The van der Waals surface area contributed by atoms with Gasteiger partial charge in [-0.1, -0.05) is 143 Å². The minimum Gasteiger partial charge on any atom is -0.253 e. The van der Waals surface area contributed by atoms with Gasteiger partial charge in [0, 0.05) is 11.3 Å². The Labute approximate surface area is 266 Å². The molecule has 0 radical (unpaired) electrons. The summed E-state index contributed by atoms with van der Waals surface area (Å²) in [6.45, 7) is 24.4. The molecule has 3 aromatic rings. The first kappa shape index (κ1) is 44.2. The van der Waals surface area contributed by atoms with E-state index in [1.54, 1.807) is 24.3 Å². The highest BCUT2D eigenvalue weighted by Gasteiger charge is 2.08. The van der Waals surface area contributed by atoms with Crippen molar-refractivity contribution in [2.24, 2.45) is 0 Å². The Hall–Kier alpha value is -3.25. The summed E-state index contributed by atoms with van der Waals surface area (Å²) < 4.78 is 13.3. The SMILES string of the molecule is C=CC.CC.CCCC.CCCC.CCCCC.Cc1ccc(-c2ccccc2C#N)nc1CCCc1cccc(F)c1. The standard InChI is InChI=1S/C22H19FN2.C5H12.2C4H10.C3H6.C2H6/c1-16-12-13-22(20-10-3-2-8-18(20)15-24)25-21(16)11-5-7-17-6-4-9-19(23)14-17;1-3-5-4-2;2*1-3-4-2;1-3-2;1-2/h2-4,6,8-10,12-14H,5,7,11H2,1H3;3-5H2,1-2H3;2*3-4H2,1-2H3;3H,1H2,2H3;1-2H3. The van der Waals surface area contributed by atoms with Crippen molar-refractivity contribution in [2.45, 2.75) is 133 Å². The van der Waals surface area contributed by atoms with E-state index < -0.39 is 0 Å². The molecule has 1 aromatic heterocycles. The van der Waals surface area contributed by atoms with Crippen LogP contribution in [0.25, 0.3) is 11.3 Å². The Morgan fingerprint density at radius 1 is 0.767 bits per heavy atom. The monoisotopic (exact) mass is 590 g/mol. The third kappa shape index (κ3) is 23.9. The number of aromatic nitrogens is 1. The minimum atomic E-state index is -0.193. The van der Waals surface area contributed by atoms with E-state index in [4.69, 9.17) is 4.98 Å². The summed E-state index contributed by atoms with van der Waals surface area (Å²) in [5.74, 6) is -0.193. The molecule has 0 atom stereocenters. The fourth-order valence-electron chi connectivity index (χ4n) is 3.28. The fraction of sp³-hybridized carbons (Fsp3) is 0.500. The number of hydrogen-bond donors (Lipinski definition) is 0. The van der Waals surface area contributed by atoms with Gasteiger partial charge in [-0.3, -0.25) is 4.98 Å². The number of allylic oxidation sites excluding steroid dienone is 1. The van der Waals surface area contributed by atoms with Crippen molar-refractivity contribution in [3.05, 3.63) is 102 Å². The first-order valence-corrected chi connectivity index (χ1v) is 16.6. The van der Waals surface area contributed by atoms with Crippen molar-refractivity contribution in [1.82, 2.24) is 4.98 Å². The molecule has 0 aliphatic rings. The van der Waals surface area contributed by atoms with Gasteiger partial charge in [0.05, 0.1) is 17.3 Å². The van der Waals surface area contributed by atoms with Gasteiger partial charge in [0.1, 0.15) is 5.82 Å². The van der Waals surface area contributed by atoms with E-state index in [1.807, 2.05) is 64.1 Å². The quantitative estimate of drug-likeness (QED) is 0.232. The maximum atomic E-state index is 13.3. The van der Waals surface area contributed by atoms with Crippen LogP contribution in [0.2, 0.25) is 0 Å². The second-order valence-corrected chi connectivity index (χ2v) is 9.86. The van der Waals surface area contributed by atoms with Crippen LogP contribution >= 0.6 is 0 Å². The highest BCUT2D eigenvalue weighted by Crippen LogP contribution is 2.23. The average molecular weight is 591 g/mol. The van der Waals surface area contributed by atoms with Gasteiger partial charge in [0.2, 0.25) is 0 Å². The molecule has 0 amide bonds. The van der Waals surface area contributed by atoms with Crippen molar-refractivity contribution in [1.29, 1.82) is 5.26 Å². The van der Waals surface area contributed by atoms with E-state index in [0.717, 1.165) is 47.3 Å². The second kappa shape index (κ2) is 33.3. The number of unbranched alkanes of at least 4 members (excludes halogenated alkanes) is 4. The molecule has 0 saturated heterocycles. The number of pyridine rings is 1. The maximum Gasteiger partial charge on any atom is 0.123 e. The molecule has 240 valence electrons. The van der Waals surface area contributed by atoms with Crippen LogP contribution in [0.5, 0.6) is 0 Å². The Bertz CT molecular complexity index is 1070. The van der Waals surface area contributed by atoms with E-state index in [-0.39, 0.29) is 5.82 Å². The average Bonchev–Trinajstić information content (AvgIpc) is 3.04. The van der Waals surface area contributed by atoms with Crippen molar-refractivity contribution in [2.75, 3.05) is 0 Å². The number of rotatable bonds is 9. The largest absolute Gasteiger partial charge is 0.253 e. The summed E-state index contributed by atoms with van der Waals surface area (Å²) in [6, 6.07) is 20.5. The van der Waals surface area contributed by atoms with Gasteiger partial charge in [0.25, 0.3) is 0 Å². The van der Waals surface area contributed by atoms with E-state index in [9.17, 15) is 9.65 Å². The molecular formula is C40H63FN2. The Balaban J connectivity index is -0.000000733. The summed E-state index contributed by atoms with van der Waals surface area (Å²) >= 11 is 0. The first-order chi connectivity index (χ1) is 20.8. The van der Waals surface area contributed by atoms with Crippen LogP contribution in [-0.2, 0) is 12.8 Å². The highest BCUT2D eigenvalue weighted by atomic mass is 19.1. The zero-order valence-electron chi connectivity index (χ0n) is 29.4. The van der Waals surface area contributed by atoms with Gasteiger partial charge in [-0.15, -0.1) is 6.58 Å². The van der Waals surface area contributed by atoms with Crippen LogP contribution in [0.1, 0.15) is 136 Å². The third-order valence-corrected chi connectivity index (χ3v) is 6.00. The Morgan fingerprint density at radius 2 is 1.33 bits per heavy atom. The van der Waals surface area contributed by atoms with E-state index in [2.05, 4.69) is 54.2 Å². The van der Waals surface area contributed by atoms with Crippen molar-refractivity contribution in [3.8, 4) is 17.3 Å². The normalized spacial score (nSPS) is 8.88. The lowest BCUT2D eigenvalue weighted by atomic mass is 10.0. The maximum absolute atomic E-state index is 13.3. The van der Waals surface area contributed by atoms with E-state index in [0.29, 0.717) is 5.56 Å². The molecule has 0 unspecified atom stereocenters. The molecule has 0 bridgehead atoms. The molecule has 1 heterocycles. The number of nitrogens with zero attached hydrogens (tertiary/aromatic N) is 2. The Morgan fingerprint density at radius 3 is 1.79 bits per heavy atom. The molecule has 3 rings (SSSR count). The smallest absolute Gasteiger partial charge is 0.123 e. The molecule has 0 N–H and O–H groups in total. The molecule has 43 heavy (non-hydrogen) atoms. The van der Waals surface area contributed by atoms with Gasteiger partial charge in [-0.05, 0) is 68.5 Å². The fourth-order valence-corrected chi connectivity index (χ4v) is 3.28.